The molecule has 1 unspecified atom stereocenters. The predicted octanol–water partition coefficient (Wildman–Crippen LogP) is 6.40. The molecule has 2 saturated heterocycles. The quantitative estimate of drug-likeness (QED) is 0.127. The van der Waals surface area contributed by atoms with Crippen molar-refractivity contribution in [3.05, 3.63) is 118 Å². The zero-order valence-electron chi connectivity index (χ0n) is 31.5. The summed E-state index contributed by atoms with van der Waals surface area (Å²) in [5, 5.41) is 12.5. The van der Waals surface area contributed by atoms with E-state index in [2.05, 4.69) is 81.8 Å². The number of aromatic hydroxyl groups is 1. The summed E-state index contributed by atoms with van der Waals surface area (Å²) in [6, 6.07) is 28.6. The minimum Gasteiger partial charge on any atom is -0.508 e. The number of fused-ring (bicyclic) bond motifs is 2. The first-order chi connectivity index (χ1) is 26.9. The third kappa shape index (κ3) is 7.78. The first kappa shape index (κ1) is 36.6. The summed E-state index contributed by atoms with van der Waals surface area (Å²) in [6.07, 6.45) is 5.79. The van der Waals surface area contributed by atoms with Gasteiger partial charge in [-0.25, -0.2) is 0 Å². The maximum atomic E-state index is 13.4. The molecule has 2 fully saturated rings. The molecule has 286 valence electrons. The second kappa shape index (κ2) is 16.2. The molecule has 10 heteroatoms. The van der Waals surface area contributed by atoms with Gasteiger partial charge in [-0.1, -0.05) is 48.5 Å². The van der Waals surface area contributed by atoms with Gasteiger partial charge >= 0.3 is 0 Å². The molecule has 0 saturated carbocycles. The van der Waals surface area contributed by atoms with Gasteiger partial charge in [-0.05, 0) is 109 Å². The Kier molecular flexibility index (Phi) is 10.8. The molecule has 8 rings (SSSR count). The maximum Gasteiger partial charge on any atom is 0.258 e. The lowest BCUT2D eigenvalue weighted by Gasteiger charge is -2.36. The number of hydrogen-bond acceptors (Lipinski definition) is 8. The SMILES string of the molecule is COc1cc(N2CCN(CCCCCOc3ccc([C@H]4c5ccc(O)cc5CC[C@H]4c4ccccc4)cc3)CC2)cc2c1C(=O)N(C1CCC(=O)NC1=O)C2. The van der Waals surface area contributed by atoms with E-state index in [4.69, 9.17) is 9.47 Å². The molecule has 2 N–H and O–H groups in total. The number of amides is 3. The van der Waals surface area contributed by atoms with Crippen molar-refractivity contribution in [1.29, 1.82) is 0 Å². The van der Waals surface area contributed by atoms with E-state index in [0.29, 0.717) is 42.6 Å². The molecule has 55 heavy (non-hydrogen) atoms. The molecule has 3 atom stereocenters. The molecular weight excluding hydrogens is 693 g/mol. The van der Waals surface area contributed by atoms with Crippen molar-refractivity contribution in [3.8, 4) is 17.2 Å². The van der Waals surface area contributed by atoms with Crippen LogP contribution in [0.15, 0.2) is 84.9 Å². The van der Waals surface area contributed by atoms with Crippen LogP contribution in [0.5, 0.6) is 17.2 Å². The van der Waals surface area contributed by atoms with Gasteiger partial charge in [0.15, 0.2) is 0 Å². The first-order valence-corrected chi connectivity index (χ1v) is 19.8. The molecule has 3 heterocycles. The predicted molar refractivity (Wildman–Crippen MR) is 211 cm³/mol. The first-order valence-electron chi connectivity index (χ1n) is 19.8. The van der Waals surface area contributed by atoms with Gasteiger partial charge in [0, 0.05) is 56.8 Å². The number of phenols is 1. The molecule has 4 aromatic rings. The molecule has 3 aliphatic heterocycles. The molecule has 10 nitrogen and oxygen atoms in total. The Morgan fingerprint density at radius 3 is 2.36 bits per heavy atom. The highest BCUT2D eigenvalue weighted by atomic mass is 16.5. The van der Waals surface area contributed by atoms with E-state index in [0.717, 1.165) is 81.8 Å². The van der Waals surface area contributed by atoms with Crippen molar-refractivity contribution >= 4 is 23.4 Å². The Bertz CT molecular complexity index is 2030. The number of carbonyl (C=O) groups excluding carboxylic acids is 3. The number of nitrogens with zero attached hydrogens (tertiary/aromatic N) is 3. The van der Waals surface area contributed by atoms with Crippen molar-refractivity contribution in [1.82, 2.24) is 15.1 Å². The number of unbranched alkanes of at least 4 members (excludes halogenated alkanes) is 2. The lowest BCUT2D eigenvalue weighted by molar-refractivity contribution is -0.136. The lowest BCUT2D eigenvalue weighted by Crippen LogP contribution is -2.52. The molecule has 0 radical (unpaired) electrons. The maximum absolute atomic E-state index is 13.4. The van der Waals surface area contributed by atoms with Gasteiger partial charge < -0.3 is 24.4 Å². The van der Waals surface area contributed by atoms with E-state index in [1.54, 1.807) is 12.0 Å². The van der Waals surface area contributed by atoms with Crippen LogP contribution in [-0.2, 0) is 22.6 Å². The van der Waals surface area contributed by atoms with Crippen LogP contribution in [0.2, 0.25) is 0 Å². The van der Waals surface area contributed by atoms with Gasteiger partial charge in [-0.3, -0.25) is 24.6 Å². The summed E-state index contributed by atoms with van der Waals surface area (Å²) >= 11 is 0. The van der Waals surface area contributed by atoms with Crippen molar-refractivity contribution in [2.75, 3.05) is 51.3 Å². The minimum absolute atomic E-state index is 0.220. The number of benzene rings is 4. The number of phenolic OH excluding ortho intramolecular Hbond substituents is 1. The monoisotopic (exact) mass is 742 g/mol. The molecule has 3 amide bonds. The molecular formula is C45H50N4O6. The van der Waals surface area contributed by atoms with E-state index >= 15 is 0 Å². The van der Waals surface area contributed by atoms with Crippen molar-refractivity contribution in [2.45, 2.75) is 69.4 Å². The highest BCUT2D eigenvalue weighted by Crippen LogP contribution is 2.47. The fourth-order valence-corrected chi connectivity index (χ4v) is 9.08. The highest BCUT2D eigenvalue weighted by Gasteiger charge is 2.41. The topological polar surface area (TPSA) is 112 Å². The largest absolute Gasteiger partial charge is 0.508 e. The summed E-state index contributed by atoms with van der Waals surface area (Å²) < 4.78 is 11.9. The van der Waals surface area contributed by atoms with Crippen LogP contribution in [-0.4, -0.2) is 85.1 Å². The number of imide groups is 1. The standard InChI is InChI=1S/C45H50N4O6/c1-54-40-28-34(26-33-29-49(45(53)43(33)40)39-18-19-41(51)46-44(39)52)48-23-21-47(22-24-48)20-6-3-7-25-55-36-14-10-31(11-15-36)42-37(30-8-4-2-5-9-30)16-12-32-27-35(50)13-17-38(32)42/h2,4-5,8-11,13-15,17,26-28,37,39,42,50H,3,6-7,12,16,18-25,29H2,1H3,(H,46,51,52)/t37-,39?,42+/m0/s1. The fraction of sp³-hybridized carbons (Fsp3) is 0.400. The van der Waals surface area contributed by atoms with E-state index in [1.165, 1.54) is 22.3 Å². The van der Waals surface area contributed by atoms with E-state index in [1.807, 2.05) is 18.2 Å². The zero-order chi connectivity index (χ0) is 37.9. The van der Waals surface area contributed by atoms with E-state index in [9.17, 15) is 19.5 Å². The van der Waals surface area contributed by atoms with E-state index in [-0.39, 0.29) is 24.2 Å². The number of anilines is 1. The fourth-order valence-electron chi connectivity index (χ4n) is 9.08. The molecule has 4 aromatic carbocycles. The zero-order valence-corrected chi connectivity index (χ0v) is 31.5. The van der Waals surface area contributed by atoms with Crippen LogP contribution < -0.4 is 19.7 Å². The Balaban J connectivity index is 0.791. The average Bonchev–Trinajstić information content (AvgIpc) is 3.54. The second-order valence-corrected chi connectivity index (χ2v) is 15.3. The summed E-state index contributed by atoms with van der Waals surface area (Å²) in [5.41, 5.74) is 7.56. The number of nitrogens with one attached hydrogen (secondary N) is 1. The van der Waals surface area contributed by atoms with Gasteiger partial charge in [-0.2, -0.15) is 0 Å². The highest BCUT2D eigenvalue weighted by molar-refractivity contribution is 6.06. The number of ether oxygens (including phenoxy) is 2. The third-order valence-electron chi connectivity index (χ3n) is 12.0. The average molecular weight is 743 g/mol. The van der Waals surface area contributed by atoms with Crippen molar-refractivity contribution in [2.24, 2.45) is 0 Å². The Morgan fingerprint density at radius 1 is 0.800 bits per heavy atom. The van der Waals surface area contributed by atoms with E-state index < -0.39 is 11.9 Å². The number of rotatable bonds is 12. The number of hydrogen-bond donors (Lipinski definition) is 2. The number of methoxy groups -OCH3 is 1. The van der Waals surface area contributed by atoms with Gasteiger partial charge in [-0.15, -0.1) is 0 Å². The van der Waals surface area contributed by atoms with Gasteiger partial charge in [0.1, 0.15) is 23.3 Å². The summed E-state index contributed by atoms with van der Waals surface area (Å²) in [6.45, 7) is 5.75. The van der Waals surface area contributed by atoms with Crippen molar-refractivity contribution < 1.29 is 29.0 Å². The summed E-state index contributed by atoms with van der Waals surface area (Å²) in [4.78, 5) is 44.0. The van der Waals surface area contributed by atoms with Crippen LogP contribution in [0.1, 0.15) is 88.5 Å². The van der Waals surface area contributed by atoms with Crippen LogP contribution in [0.4, 0.5) is 5.69 Å². The minimum atomic E-state index is -0.649. The smallest absolute Gasteiger partial charge is 0.258 e. The Hall–Kier alpha value is -5.35. The summed E-state index contributed by atoms with van der Waals surface area (Å²) in [7, 11) is 1.58. The van der Waals surface area contributed by atoms with Crippen molar-refractivity contribution in [3.63, 3.8) is 0 Å². The number of aryl methyl sites for hydroxylation is 1. The number of piperazine rings is 1. The Labute approximate surface area is 323 Å². The summed E-state index contributed by atoms with van der Waals surface area (Å²) in [5.74, 6) is 1.44. The number of carbonyl (C=O) groups is 3. The molecule has 0 bridgehead atoms. The molecule has 4 aliphatic rings. The van der Waals surface area contributed by atoms with Crippen LogP contribution >= 0.6 is 0 Å². The number of piperidine rings is 1. The van der Waals surface area contributed by atoms with Crippen LogP contribution in [0.25, 0.3) is 0 Å². The molecule has 0 spiro atoms. The second-order valence-electron chi connectivity index (χ2n) is 15.3. The van der Waals surface area contributed by atoms with Gasteiger partial charge in [0.2, 0.25) is 11.8 Å². The normalized spacial score (nSPS) is 21.3. The van der Waals surface area contributed by atoms with Crippen LogP contribution in [0, 0.1) is 0 Å². The van der Waals surface area contributed by atoms with Gasteiger partial charge in [0.25, 0.3) is 5.91 Å². The third-order valence-corrected chi connectivity index (χ3v) is 12.0. The molecule has 0 aromatic heterocycles. The Morgan fingerprint density at radius 2 is 1.60 bits per heavy atom. The molecule has 1 aliphatic carbocycles. The van der Waals surface area contributed by atoms with Gasteiger partial charge in [0.05, 0.1) is 19.3 Å². The lowest BCUT2D eigenvalue weighted by atomic mass is 9.69. The van der Waals surface area contributed by atoms with Crippen LogP contribution in [0.3, 0.4) is 0 Å².